The van der Waals surface area contributed by atoms with Crippen LogP contribution in [-0.4, -0.2) is 42.7 Å². The third-order valence-corrected chi connectivity index (χ3v) is 4.46. The van der Waals surface area contributed by atoms with Crippen LogP contribution < -0.4 is 15.4 Å². The first kappa shape index (κ1) is 17.3. The van der Waals surface area contributed by atoms with Crippen molar-refractivity contribution in [2.45, 2.75) is 37.8 Å². The Kier molecular flexibility index (Phi) is 5.23. The number of hydrogen-bond acceptors (Lipinski definition) is 5. The number of aliphatic hydroxyl groups is 1. The standard InChI is InChI=1S/C18H22N2O5/c1-24-14-8-4-5-11-9-15(25-16(11)14)18(23)20-13(10-21)17(22)19-12-6-2-3-7-12/h4-5,8-9,12-13,21H,2-3,6-7,10H2,1H3,(H,19,22)(H,20,23). The summed E-state index contributed by atoms with van der Waals surface area (Å²) in [7, 11) is 1.52. The zero-order chi connectivity index (χ0) is 17.8. The molecule has 1 atom stereocenters. The maximum atomic E-state index is 12.4. The highest BCUT2D eigenvalue weighted by atomic mass is 16.5. The summed E-state index contributed by atoms with van der Waals surface area (Å²) in [5, 5.41) is 15.6. The van der Waals surface area contributed by atoms with Gasteiger partial charge in [0.05, 0.1) is 13.7 Å². The smallest absolute Gasteiger partial charge is 0.287 e. The number of ether oxygens (including phenoxy) is 1. The summed E-state index contributed by atoms with van der Waals surface area (Å²) in [6, 6.07) is 6.02. The number of para-hydroxylation sites is 1. The molecule has 3 rings (SSSR count). The van der Waals surface area contributed by atoms with Gasteiger partial charge in [0.15, 0.2) is 17.1 Å². The second kappa shape index (κ2) is 7.57. The van der Waals surface area contributed by atoms with Crippen LogP contribution in [0.1, 0.15) is 36.2 Å². The van der Waals surface area contributed by atoms with E-state index in [1.54, 1.807) is 24.3 Å². The number of fused-ring (bicyclic) bond motifs is 1. The molecule has 1 aromatic carbocycles. The molecule has 3 N–H and O–H groups in total. The van der Waals surface area contributed by atoms with Crippen molar-refractivity contribution in [3.8, 4) is 5.75 Å². The van der Waals surface area contributed by atoms with Crippen molar-refractivity contribution in [1.82, 2.24) is 10.6 Å². The molecule has 1 aliphatic carbocycles. The van der Waals surface area contributed by atoms with Gasteiger partial charge in [-0.15, -0.1) is 0 Å². The van der Waals surface area contributed by atoms with Crippen molar-refractivity contribution in [3.63, 3.8) is 0 Å². The Hall–Kier alpha value is -2.54. The van der Waals surface area contributed by atoms with Crippen LogP contribution in [-0.2, 0) is 4.79 Å². The van der Waals surface area contributed by atoms with E-state index in [4.69, 9.17) is 9.15 Å². The highest BCUT2D eigenvalue weighted by Gasteiger charge is 2.26. The zero-order valence-corrected chi connectivity index (χ0v) is 14.1. The van der Waals surface area contributed by atoms with Gasteiger partial charge < -0.3 is 24.9 Å². The molecule has 1 unspecified atom stereocenters. The minimum Gasteiger partial charge on any atom is -0.493 e. The average molecular weight is 346 g/mol. The predicted octanol–water partition coefficient (Wildman–Crippen LogP) is 1.59. The number of methoxy groups -OCH3 is 1. The zero-order valence-electron chi connectivity index (χ0n) is 14.1. The quantitative estimate of drug-likeness (QED) is 0.737. The van der Waals surface area contributed by atoms with Gasteiger partial charge in [0.25, 0.3) is 5.91 Å². The van der Waals surface area contributed by atoms with Gasteiger partial charge >= 0.3 is 0 Å². The molecule has 1 aliphatic rings. The monoisotopic (exact) mass is 346 g/mol. The maximum Gasteiger partial charge on any atom is 0.287 e. The number of benzene rings is 1. The first-order valence-corrected chi connectivity index (χ1v) is 8.41. The Morgan fingerprint density at radius 2 is 2.12 bits per heavy atom. The van der Waals surface area contributed by atoms with Crippen LogP contribution in [0, 0.1) is 0 Å². The molecule has 0 spiro atoms. The predicted molar refractivity (Wildman–Crippen MR) is 91.5 cm³/mol. The van der Waals surface area contributed by atoms with Crippen LogP contribution in [0.5, 0.6) is 5.75 Å². The molecule has 1 fully saturated rings. The number of hydrogen-bond donors (Lipinski definition) is 3. The summed E-state index contributed by atoms with van der Waals surface area (Å²) in [6.07, 6.45) is 4.03. The van der Waals surface area contributed by atoms with Gasteiger partial charge in [0.1, 0.15) is 6.04 Å². The number of rotatable bonds is 6. The first-order valence-electron chi connectivity index (χ1n) is 8.41. The number of nitrogens with one attached hydrogen (secondary N) is 2. The molecular weight excluding hydrogens is 324 g/mol. The third-order valence-electron chi connectivity index (χ3n) is 4.46. The topological polar surface area (TPSA) is 101 Å². The van der Waals surface area contributed by atoms with Crippen molar-refractivity contribution in [3.05, 3.63) is 30.0 Å². The van der Waals surface area contributed by atoms with Crippen LogP contribution in [0.2, 0.25) is 0 Å². The molecule has 1 heterocycles. The lowest BCUT2D eigenvalue weighted by Crippen LogP contribution is -2.51. The van der Waals surface area contributed by atoms with Gasteiger partial charge in [0.2, 0.25) is 5.91 Å². The Labute approximate surface area is 145 Å². The Morgan fingerprint density at radius 1 is 1.36 bits per heavy atom. The summed E-state index contributed by atoms with van der Waals surface area (Å²) < 4.78 is 10.8. The van der Waals surface area contributed by atoms with Gasteiger partial charge in [-0.25, -0.2) is 0 Å². The van der Waals surface area contributed by atoms with Crippen molar-refractivity contribution in [1.29, 1.82) is 0 Å². The molecule has 0 radical (unpaired) electrons. The van der Waals surface area contributed by atoms with Gasteiger partial charge in [0, 0.05) is 11.4 Å². The average Bonchev–Trinajstić information content (AvgIpc) is 3.28. The summed E-state index contributed by atoms with van der Waals surface area (Å²) >= 11 is 0. The second-order valence-corrected chi connectivity index (χ2v) is 6.19. The van der Waals surface area contributed by atoms with Crippen LogP contribution in [0.3, 0.4) is 0 Å². The molecule has 134 valence electrons. The largest absolute Gasteiger partial charge is 0.493 e. The number of carbonyl (C=O) groups is 2. The lowest BCUT2D eigenvalue weighted by Gasteiger charge is -2.18. The van der Waals surface area contributed by atoms with E-state index in [1.807, 2.05) is 0 Å². The van der Waals surface area contributed by atoms with Crippen molar-refractivity contribution >= 4 is 22.8 Å². The van der Waals surface area contributed by atoms with Gasteiger partial charge in [-0.2, -0.15) is 0 Å². The van der Waals surface area contributed by atoms with Crippen molar-refractivity contribution < 1.29 is 23.8 Å². The van der Waals surface area contributed by atoms with Gasteiger partial charge in [-0.1, -0.05) is 25.0 Å². The minimum atomic E-state index is -1.01. The molecule has 0 aliphatic heterocycles. The third kappa shape index (κ3) is 3.76. The molecule has 25 heavy (non-hydrogen) atoms. The molecule has 0 saturated heterocycles. The Bertz CT molecular complexity index is 764. The van der Waals surface area contributed by atoms with E-state index < -0.39 is 18.6 Å². The SMILES string of the molecule is COc1cccc2cc(C(=O)NC(CO)C(=O)NC3CCCC3)oc12. The van der Waals surface area contributed by atoms with E-state index in [2.05, 4.69) is 10.6 Å². The van der Waals surface area contributed by atoms with E-state index >= 15 is 0 Å². The lowest BCUT2D eigenvalue weighted by molar-refractivity contribution is -0.124. The molecular formula is C18H22N2O5. The Balaban J connectivity index is 1.70. The molecule has 7 nitrogen and oxygen atoms in total. The molecule has 2 aromatic rings. The van der Waals surface area contributed by atoms with Crippen LogP contribution in [0.4, 0.5) is 0 Å². The molecule has 2 amide bonds. The summed E-state index contributed by atoms with van der Waals surface area (Å²) in [6.45, 7) is -0.478. The van der Waals surface area contributed by atoms with E-state index in [9.17, 15) is 14.7 Å². The minimum absolute atomic E-state index is 0.0617. The van der Waals surface area contributed by atoms with Gasteiger partial charge in [-0.05, 0) is 25.0 Å². The Morgan fingerprint density at radius 3 is 2.80 bits per heavy atom. The highest BCUT2D eigenvalue weighted by molar-refractivity contribution is 5.99. The van der Waals surface area contributed by atoms with Crippen LogP contribution in [0.15, 0.2) is 28.7 Å². The maximum absolute atomic E-state index is 12.4. The van der Waals surface area contributed by atoms with Crippen LogP contribution in [0.25, 0.3) is 11.0 Å². The van der Waals surface area contributed by atoms with Crippen molar-refractivity contribution in [2.24, 2.45) is 0 Å². The fourth-order valence-electron chi connectivity index (χ4n) is 3.10. The van der Waals surface area contributed by atoms with E-state index in [-0.39, 0.29) is 17.7 Å². The van der Waals surface area contributed by atoms with E-state index in [0.29, 0.717) is 11.3 Å². The van der Waals surface area contributed by atoms with Crippen LogP contribution >= 0.6 is 0 Å². The molecule has 1 saturated carbocycles. The fourth-order valence-corrected chi connectivity index (χ4v) is 3.10. The normalized spacial score (nSPS) is 15.9. The molecule has 0 bridgehead atoms. The molecule has 7 heteroatoms. The first-order chi connectivity index (χ1) is 12.1. The number of amides is 2. The number of furan rings is 1. The summed E-state index contributed by atoms with van der Waals surface area (Å²) in [5.74, 6) is -0.351. The molecule has 1 aromatic heterocycles. The highest BCUT2D eigenvalue weighted by Crippen LogP contribution is 2.28. The number of carbonyl (C=O) groups excluding carboxylic acids is 2. The van der Waals surface area contributed by atoms with E-state index in [0.717, 1.165) is 31.1 Å². The fraction of sp³-hybridized carbons (Fsp3) is 0.444. The lowest BCUT2D eigenvalue weighted by atomic mass is 10.2. The number of aliphatic hydroxyl groups excluding tert-OH is 1. The van der Waals surface area contributed by atoms with Gasteiger partial charge in [-0.3, -0.25) is 9.59 Å². The van der Waals surface area contributed by atoms with E-state index in [1.165, 1.54) is 7.11 Å². The van der Waals surface area contributed by atoms with Crippen molar-refractivity contribution in [2.75, 3.05) is 13.7 Å². The summed E-state index contributed by atoms with van der Waals surface area (Å²) in [5.41, 5.74) is 0.464. The second-order valence-electron chi connectivity index (χ2n) is 6.19. The summed E-state index contributed by atoms with van der Waals surface area (Å²) in [4.78, 5) is 24.6.